The smallest absolute Gasteiger partial charge is 0.335 e. The van der Waals surface area contributed by atoms with Crippen molar-refractivity contribution in [1.82, 2.24) is 5.32 Å². The van der Waals surface area contributed by atoms with Crippen LogP contribution < -0.4 is 10.6 Å². The van der Waals surface area contributed by atoms with Gasteiger partial charge in [0, 0.05) is 24.7 Å². The highest BCUT2D eigenvalue weighted by atomic mass is 16.4. The zero-order valence-electron chi connectivity index (χ0n) is 10.2. The van der Waals surface area contributed by atoms with Crippen molar-refractivity contribution in [3.63, 3.8) is 0 Å². The Kier molecular flexibility index (Phi) is 3.50. The van der Waals surface area contributed by atoms with Crippen LogP contribution in [0, 0.1) is 6.92 Å². The van der Waals surface area contributed by atoms with E-state index in [0.29, 0.717) is 18.5 Å². The monoisotopic (exact) mass is 248 g/mol. The summed E-state index contributed by atoms with van der Waals surface area (Å²) in [5.74, 6) is -0.818. The molecule has 18 heavy (non-hydrogen) atoms. The van der Waals surface area contributed by atoms with Gasteiger partial charge in [-0.2, -0.15) is 0 Å². The molecule has 1 aromatic rings. The third-order valence-corrected chi connectivity index (χ3v) is 3.09. The maximum absolute atomic E-state index is 11.0. The highest BCUT2D eigenvalue weighted by molar-refractivity contribution is 5.89. The normalized spacial score (nSPS) is 18.5. The van der Waals surface area contributed by atoms with E-state index in [4.69, 9.17) is 5.11 Å². The van der Waals surface area contributed by atoms with E-state index in [-0.39, 0.29) is 11.9 Å². The van der Waals surface area contributed by atoms with Gasteiger partial charge >= 0.3 is 5.97 Å². The quantitative estimate of drug-likeness (QED) is 0.752. The topological polar surface area (TPSA) is 78.4 Å². The van der Waals surface area contributed by atoms with Crippen molar-refractivity contribution in [1.29, 1.82) is 0 Å². The van der Waals surface area contributed by atoms with Crippen LogP contribution >= 0.6 is 0 Å². The van der Waals surface area contributed by atoms with E-state index < -0.39 is 5.97 Å². The Morgan fingerprint density at radius 2 is 2.33 bits per heavy atom. The summed E-state index contributed by atoms with van der Waals surface area (Å²) in [6.45, 7) is 2.43. The number of benzene rings is 1. The fourth-order valence-corrected chi connectivity index (χ4v) is 2.09. The van der Waals surface area contributed by atoms with E-state index in [0.717, 1.165) is 17.7 Å². The molecule has 1 heterocycles. The summed E-state index contributed by atoms with van der Waals surface area (Å²) in [6, 6.07) is 5.30. The van der Waals surface area contributed by atoms with Gasteiger partial charge in [0.25, 0.3) is 0 Å². The zero-order valence-corrected chi connectivity index (χ0v) is 10.2. The second-order valence-corrected chi connectivity index (χ2v) is 4.52. The van der Waals surface area contributed by atoms with E-state index in [9.17, 15) is 9.59 Å². The molecular weight excluding hydrogens is 232 g/mol. The number of hydrogen-bond donors (Lipinski definition) is 3. The Morgan fingerprint density at radius 3 is 2.89 bits per heavy atom. The number of nitrogens with one attached hydrogen (secondary N) is 2. The van der Waals surface area contributed by atoms with E-state index >= 15 is 0 Å². The van der Waals surface area contributed by atoms with Crippen molar-refractivity contribution in [2.24, 2.45) is 0 Å². The van der Waals surface area contributed by atoms with Gasteiger partial charge in [0.05, 0.1) is 5.56 Å². The molecule has 1 aromatic carbocycles. The SMILES string of the molecule is Cc1cc(NCC2CCC(=O)N2)ccc1C(=O)O. The fourth-order valence-electron chi connectivity index (χ4n) is 2.09. The van der Waals surface area contributed by atoms with Gasteiger partial charge in [-0.3, -0.25) is 4.79 Å². The van der Waals surface area contributed by atoms with Crippen LogP contribution in [0.1, 0.15) is 28.8 Å². The molecule has 3 N–H and O–H groups in total. The molecule has 0 bridgehead atoms. The van der Waals surface area contributed by atoms with Gasteiger partial charge < -0.3 is 15.7 Å². The highest BCUT2D eigenvalue weighted by Gasteiger charge is 2.20. The predicted molar refractivity (Wildman–Crippen MR) is 67.8 cm³/mol. The zero-order chi connectivity index (χ0) is 13.1. The molecule has 2 rings (SSSR count). The van der Waals surface area contributed by atoms with Crippen LogP contribution in [-0.4, -0.2) is 29.6 Å². The number of amides is 1. The number of aryl methyl sites for hydroxylation is 1. The number of carbonyl (C=O) groups excluding carboxylic acids is 1. The lowest BCUT2D eigenvalue weighted by molar-refractivity contribution is -0.119. The van der Waals surface area contributed by atoms with E-state index in [1.807, 2.05) is 0 Å². The Hall–Kier alpha value is -2.04. The molecule has 0 aliphatic carbocycles. The van der Waals surface area contributed by atoms with E-state index in [2.05, 4.69) is 10.6 Å². The summed E-state index contributed by atoms with van der Waals surface area (Å²) in [4.78, 5) is 21.9. The van der Waals surface area contributed by atoms with Crippen molar-refractivity contribution in [2.75, 3.05) is 11.9 Å². The molecule has 0 spiro atoms. The number of carboxylic acids is 1. The van der Waals surface area contributed by atoms with Crippen LogP contribution in [0.2, 0.25) is 0 Å². The average Bonchev–Trinajstić information content (AvgIpc) is 2.72. The third-order valence-electron chi connectivity index (χ3n) is 3.09. The molecule has 1 saturated heterocycles. The summed E-state index contributed by atoms with van der Waals surface area (Å²) in [5, 5.41) is 15.0. The second-order valence-electron chi connectivity index (χ2n) is 4.52. The number of carbonyl (C=O) groups is 2. The Labute approximate surface area is 105 Å². The van der Waals surface area contributed by atoms with Gasteiger partial charge in [0.1, 0.15) is 0 Å². The fraction of sp³-hybridized carbons (Fsp3) is 0.385. The maximum Gasteiger partial charge on any atom is 0.335 e. The highest BCUT2D eigenvalue weighted by Crippen LogP contribution is 2.16. The number of hydrogen-bond acceptors (Lipinski definition) is 3. The Bertz CT molecular complexity index is 485. The second kappa shape index (κ2) is 5.08. The minimum Gasteiger partial charge on any atom is -0.478 e. The van der Waals surface area contributed by atoms with Crippen LogP contribution in [0.25, 0.3) is 0 Å². The van der Waals surface area contributed by atoms with Gasteiger partial charge in [0.2, 0.25) is 5.91 Å². The first-order chi connectivity index (χ1) is 8.56. The largest absolute Gasteiger partial charge is 0.478 e. The van der Waals surface area contributed by atoms with Crippen molar-refractivity contribution in [3.05, 3.63) is 29.3 Å². The van der Waals surface area contributed by atoms with Crippen molar-refractivity contribution in [2.45, 2.75) is 25.8 Å². The molecule has 1 atom stereocenters. The first-order valence-electron chi connectivity index (χ1n) is 5.93. The molecule has 96 valence electrons. The van der Waals surface area contributed by atoms with Gasteiger partial charge in [-0.15, -0.1) is 0 Å². The molecule has 0 saturated carbocycles. The Morgan fingerprint density at radius 1 is 1.56 bits per heavy atom. The van der Waals surface area contributed by atoms with E-state index in [1.54, 1.807) is 25.1 Å². The molecule has 1 aliphatic heterocycles. The van der Waals surface area contributed by atoms with Gasteiger partial charge in [-0.25, -0.2) is 4.79 Å². The van der Waals surface area contributed by atoms with Gasteiger partial charge in [-0.1, -0.05) is 0 Å². The maximum atomic E-state index is 11.0. The first-order valence-corrected chi connectivity index (χ1v) is 5.93. The van der Waals surface area contributed by atoms with Crippen LogP contribution in [0.3, 0.4) is 0 Å². The molecule has 5 nitrogen and oxygen atoms in total. The standard InChI is InChI=1S/C13H16N2O3/c1-8-6-9(2-4-11(8)13(17)18)14-7-10-3-5-12(16)15-10/h2,4,6,10,14H,3,5,7H2,1H3,(H,15,16)(H,17,18). The van der Waals surface area contributed by atoms with Crippen molar-refractivity contribution < 1.29 is 14.7 Å². The molecule has 0 aromatic heterocycles. The predicted octanol–water partition coefficient (Wildman–Crippen LogP) is 1.38. The molecule has 1 aliphatic rings. The minimum absolute atomic E-state index is 0.0965. The van der Waals surface area contributed by atoms with Crippen molar-refractivity contribution >= 4 is 17.6 Å². The van der Waals surface area contributed by atoms with E-state index in [1.165, 1.54) is 0 Å². The number of anilines is 1. The van der Waals surface area contributed by atoms with Crippen LogP contribution in [0.5, 0.6) is 0 Å². The molecule has 1 unspecified atom stereocenters. The Balaban J connectivity index is 1.96. The summed E-state index contributed by atoms with van der Waals surface area (Å²) in [6.07, 6.45) is 1.43. The van der Waals surface area contributed by atoms with Crippen LogP contribution in [-0.2, 0) is 4.79 Å². The number of rotatable bonds is 4. The molecule has 1 fully saturated rings. The number of carboxylic acid groups (broad SMARTS) is 1. The third kappa shape index (κ3) is 2.80. The lowest BCUT2D eigenvalue weighted by atomic mass is 10.1. The lowest BCUT2D eigenvalue weighted by Crippen LogP contribution is -2.31. The van der Waals surface area contributed by atoms with Crippen molar-refractivity contribution in [3.8, 4) is 0 Å². The summed E-state index contributed by atoms with van der Waals surface area (Å²) < 4.78 is 0. The van der Waals surface area contributed by atoms with Crippen LogP contribution in [0.4, 0.5) is 5.69 Å². The molecular formula is C13H16N2O3. The molecule has 0 radical (unpaired) electrons. The first kappa shape index (κ1) is 12.4. The summed E-state index contributed by atoms with van der Waals surface area (Å²) in [7, 11) is 0. The summed E-state index contributed by atoms with van der Waals surface area (Å²) in [5.41, 5.74) is 1.91. The average molecular weight is 248 g/mol. The lowest BCUT2D eigenvalue weighted by Gasteiger charge is -2.13. The molecule has 1 amide bonds. The summed E-state index contributed by atoms with van der Waals surface area (Å²) >= 11 is 0. The van der Waals surface area contributed by atoms with Gasteiger partial charge in [0.15, 0.2) is 0 Å². The molecule has 5 heteroatoms. The number of aromatic carboxylic acids is 1. The van der Waals surface area contributed by atoms with Gasteiger partial charge in [-0.05, 0) is 37.1 Å². The minimum atomic E-state index is -0.915. The van der Waals surface area contributed by atoms with Crippen LogP contribution in [0.15, 0.2) is 18.2 Å².